The average Bonchev–Trinajstić information content (AvgIpc) is 2.96. The van der Waals surface area contributed by atoms with Crippen LogP contribution in [0.25, 0.3) is 10.9 Å². The molecule has 3 rings (SSSR count). The van der Waals surface area contributed by atoms with E-state index in [-0.39, 0.29) is 4.90 Å². The van der Waals surface area contributed by atoms with Crippen LogP contribution in [0.4, 0.5) is 5.82 Å². The van der Waals surface area contributed by atoms with Gasteiger partial charge in [0.1, 0.15) is 12.1 Å². The van der Waals surface area contributed by atoms with Crippen molar-refractivity contribution in [3.63, 3.8) is 0 Å². The number of benzene rings is 1. The standard InChI is InChI=1S/C14H17N3O3S/c1-21(18,19)11-2-3-13-12(6-11)14(17-9-16-13)15-7-10-4-5-20-8-10/h2-3,6,9-10H,4-5,7-8H2,1H3,(H,15,16,17). The van der Waals surface area contributed by atoms with E-state index in [9.17, 15) is 8.42 Å². The van der Waals surface area contributed by atoms with Crippen molar-refractivity contribution in [3.05, 3.63) is 24.5 Å². The number of fused-ring (bicyclic) bond motifs is 1. The number of anilines is 1. The summed E-state index contributed by atoms with van der Waals surface area (Å²) in [6, 6.07) is 4.90. The Balaban J connectivity index is 1.93. The normalized spacial score (nSPS) is 19.0. The third-order valence-corrected chi connectivity index (χ3v) is 4.73. The van der Waals surface area contributed by atoms with Crippen molar-refractivity contribution in [1.82, 2.24) is 9.97 Å². The van der Waals surface area contributed by atoms with Crippen LogP contribution in [0.5, 0.6) is 0 Å². The summed E-state index contributed by atoms with van der Waals surface area (Å²) in [5.74, 6) is 1.13. The highest BCUT2D eigenvalue weighted by Crippen LogP contribution is 2.23. The first-order valence-corrected chi connectivity index (χ1v) is 8.69. The van der Waals surface area contributed by atoms with Gasteiger partial charge in [-0.25, -0.2) is 18.4 Å². The van der Waals surface area contributed by atoms with Crippen molar-refractivity contribution in [3.8, 4) is 0 Å². The number of sulfone groups is 1. The van der Waals surface area contributed by atoms with Gasteiger partial charge in [0.15, 0.2) is 9.84 Å². The molecule has 0 amide bonds. The molecule has 1 aliphatic heterocycles. The minimum Gasteiger partial charge on any atom is -0.381 e. The molecule has 6 nitrogen and oxygen atoms in total. The largest absolute Gasteiger partial charge is 0.381 e. The summed E-state index contributed by atoms with van der Waals surface area (Å²) in [4.78, 5) is 8.68. The number of rotatable bonds is 4. The number of aromatic nitrogens is 2. The molecule has 1 unspecified atom stereocenters. The van der Waals surface area contributed by atoms with Gasteiger partial charge in [0.2, 0.25) is 0 Å². The van der Waals surface area contributed by atoms with Crippen LogP contribution in [0.1, 0.15) is 6.42 Å². The minimum atomic E-state index is -3.24. The van der Waals surface area contributed by atoms with E-state index in [1.54, 1.807) is 18.2 Å². The molecular weight excluding hydrogens is 290 g/mol. The monoisotopic (exact) mass is 307 g/mol. The van der Waals surface area contributed by atoms with Crippen LogP contribution in [-0.2, 0) is 14.6 Å². The second-order valence-corrected chi connectivity index (χ2v) is 7.30. The summed E-state index contributed by atoms with van der Waals surface area (Å²) in [6.07, 6.45) is 3.71. The lowest BCUT2D eigenvalue weighted by Gasteiger charge is -2.12. The Morgan fingerprint density at radius 1 is 1.38 bits per heavy atom. The molecule has 1 saturated heterocycles. The topological polar surface area (TPSA) is 81.2 Å². The zero-order valence-corrected chi connectivity index (χ0v) is 12.6. The van der Waals surface area contributed by atoms with Crippen molar-refractivity contribution in [2.24, 2.45) is 5.92 Å². The molecule has 0 radical (unpaired) electrons. The second kappa shape index (κ2) is 5.57. The molecular formula is C14H17N3O3S. The first kappa shape index (κ1) is 14.2. The van der Waals surface area contributed by atoms with Gasteiger partial charge in [-0.05, 0) is 24.6 Å². The number of hydrogen-bond donors (Lipinski definition) is 1. The maximum Gasteiger partial charge on any atom is 0.175 e. The lowest BCUT2D eigenvalue weighted by atomic mass is 10.1. The van der Waals surface area contributed by atoms with Crippen LogP contribution in [-0.4, -0.2) is 44.4 Å². The van der Waals surface area contributed by atoms with E-state index in [1.165, 1.54) is 12.6 Å². The zero-order valence-electron chi connectivity index (χ0n) is 11.7. The highest BCUT2D eigenvalue weighted by Gasteiger charge is 2.16. The fourth-order valence-electron chi connectivity index (χ4n) is 2.39. The van der Waals surface area contributed by atoms with Crippen molar-refractivity contribution < 1.29 is 13.2 Å². The summed E-state index contributed by atoms with van der Waals surface area (Å²) >= 11 is 0. The fourth-order valence-corrected chi connectivity index (χ4v) is 3.04. The van der Waals surface area contributed by atoms with Crippen LogP contribution in [0, 0.1) is 5.92 Å². The summed E-state index contributed by atoms with van der Waals surface area (Å²) in [6.45, 7) is 2.31. The fraction of sp³-hybridized carbons (Fsp3) is 0.429. The Bertz CT molecular complexity index is 755. The molecule has 1 atom stereocenters. The third-order valence-electron chi connectivity index (χ3n) is 3.62. The number of ether oxygens (including phenoxy) is 1. The predicted octanol–water partition coefficient (Wildman–Crippen LogP) is 1.48. The molecule has 112 valence electrons. The Hall–Kier alpha value is -1.73. The molecule has 1 aliphatic rings. The first-order chi connectivity index (χ1) is 10.0. The van der Waals surface area contributed by atoms with E-state index < -0.39 is 9.84 Å². The van der Waals surface area contributed by atoms with E-state index in [2.05, 4.69) is 15.3 Å². The Labute approximate surface area is 123 Å². The molecule has 0 saturated carbocycles. The Kier molecular flexibility index (Phi) is 3.77. The van der Waals surface area contributed by atoms with E-state index in [4.69, 9.17) is 4.74 Å². The highest BCUT2D eigenvalue weighted by molar-refractivity contribution is 7.90. The molecule has 2 heterocycles. The van der Waals surface area contributed by atoms with Crippen LogP contribution in [0.15, 0.2) is 29.4 Å². The lowest BCUT2D eigenvalue weighted by molar-refractivity contribution is 0.187. The molecule has 0 bridgehead atoms. The smallest absolute Gasteiger partial charge is 0.175 e. The molecule has 1 aromatic carbocycles. The molecule has 1 N–H and O–H groups in total. The Morgan fingerprint density at radius 2 is 2.24 bits per heavy atom. The lowest BCUT2D eigenvalue weighted by Crippen LogP contribution is -2.15. The van der Waals surface area contributed by atoms with Gasteiger partial charge >= 0.3 is 0 Å². The van der Waals surface area contributed by atoms with Gasteiger partial charge in [-0.2, -0.15) is 0 Å². The average molecular weight is 307 g/mol. The van der Waals surface area contributed by atoms with Crippen molar-refractivity contribution >= 4 is 26.6 Å². The van der Waals surface area contributed by atoms with E-state index in [0.717, 1.165) is 37.1 Å². The molecule has 0 spiro atoms. The van der Waals surface area contributed by atoms with Gasteiger partial charge in [0.25, 0.3) is 0 Å². The Morgan fingerprint density at radius 3 is 2.95 bits per heavy atom. The van der Waals surface area contributed by atoms with Crippen molar-refractivity contribution in [2.45, 2.75) is 11.3 Å². The molecule has 1 aromatic heterocycles. The van der Waals surface area contributed by atoms with E-state index in [0.29, 0.717) is 11.7 Å². The third kappa shape index (κ3) is 3.14. The molecule has 0 aliphatic carbocycles. The summed E-state index contributed by atoms with van der Waals surface area (Å²) in [7, 11) is -3.24. The number of nitrogens with zero attached hydrogens (tertiary/aromatic N) is 2. The maximum atomic E-state index is 11.7. The maximum absolute atomic E-state index is 11.7. The van der Waals surface area contributed by atoms with Gasteiger partial charge in [0, 0.05) is 30.7 Å². The predicted molar refractivity (Wildman–Crippen MR) is 80.1 cm³/mol. The first-order valence-electron chi connectivity index (χ1n) is 6.80. The molecule has 7 heteroatoms. The molecule has 21 heavy (non-hydrogen) atoms. The van der Waals surface area contributed by atoms with Gasteiger partial charge in [-0.3, -0.25) is 0 Å². The van der Waals surface area contributed by atoms with Gasteiger partial charge in [0.05, 0.1) is 17.0 Å². The van der Waals surface area contributed by atoms with Crippen LogP contribution >= 0.6 is 0 Å². The van der Waals surface area contributed by atoms with Crippen molar-refractivity contribution in [1.29, 1.82) is 0 Å². The van der Waals surface area contributed by atoms with Crippen molar-refractivity contribution in [2.75, 3.05) is 31.3 Å². The summed E-state index contributed by atoms with van der Waals surface area (Å²) in [5.41, 5.74) is 0.725. The molecule has 2 aromatic rings. The van der Waals surface area contributed by atoms with Crippen LogP contribution < -0.4 is 5.32 Å². The van der Waals surface area contributed by atoms with E-state index in [1.807, 2.05) is 0 Å². The number of hydrogen-bond acceptors (Lipinski definition) is 6. The van der Waals surface area contributed by atoms with Gasteiger partial charge in [-0.1, -0.05) is 0 Å². The summed E-state index contributed by atoms with van der Waals surface area (Å²) < 4.78 is 28.7. The quantitative estimate of drug-likeness (QED) is 0.921. The second-order valence-electron chi connectivity index (χ2n) is 5.28. The molecule has 1 fully saturated rings. The van der Waals surface area contributed by atoms with Crippen LogP contribution in [0.3, 0.4) is 0 Å². The van der Waals surface area contributed by atoms with Gasteiger partial charge in [-0.15, -0.1) is 0 Å². The zero-order chi connectivity index (χ0) is 14.9. The SMILES string of the molecule is CS(=O)(=O)c1ccc2ncnc(NCC3CCOC3)c2c1. The number of nitrogens with one attached hydrogen (secondary N) is 1. The van der Waals surface area contributed by atoms with Gasteiger partial charge < -0.3 is 10.1 Å². The summed E-state index contributed by atoms with van der Waals surface area (Å²) in [5, 5.41) is 4.00. The minimum absolute atomic E-state index is 0.275. The van der Waals surface area contributed by atoms with Crippen LogP contribution in [0.2, 0.25) is 0 Å². The van der Waals surface area contributed by atoms with E-state index >= 15 is 0 Å². The highest BCUT2D eigenvalue weighted by atomic mass is 32.2.